The molecule has 0 aliphatic carbocycles. The number of carbonyl (C=O) groups is 1. The van der Waals surface area contributed by atoms with Crippen molar-refractivity contribution < 1.29 is 32.2 Å². The highest BCUT2D eigenvalue weighted by Crippen LogP contribution is 2.40. The first-order chi connectivity index (χ1) is 15.3. The van der Waals surface area contributed by atoms with Crippen LogP contribution < -0.4 is 14.2 Å². The Morgan fingerprint density at radius 1 is 1.03 bits per heavy atom. The highest BCUT2D eigenvalue weighted by molar-refractivity contribution is 6.12. The number of alkyl halides is 3. The van der Waals surface area contributed by atoms with Crippen LogP contribution in [0.5, 0.6) is 17.2 Å². The van der Waals surface area contributed by atoms with Crippen LogP contribution in [0.4, 0.5) is 13.2 Å². The van der Waals surface area contributed by atoms with E-state index >= 15 is 0 Å². The van der Waals surface area contributed by atoms with Gasteiger partial charge in [0.25, 0.3) is 0 Å². The number of aromatic amines is 1. The zero-order valence-corrected chi connectivity index (χ0v) is 17.3. The number of pyridine rings is 1. The van der Waals surface area contributed by atoms with Crippen molar-refractivity contribution in [3.8, 4) is 28.5 Å². The second-order valence-corrected chi connectivity index (χ2v) is 6.87. The maximum Gasteiger partial charge on any atom is 0.491 e. The lowest BCUT2D eigenvalue weighted by molar-refractivity contribution is -0.189. The summed E-state index contributed by atoms with van der Waals surface area (Å²) in [6, 6.07) is 9.25. The van der Waals surface area contributed by atoms with Gasteiger partial charge in [-0.25, -0.2) is 9.78 Å². The minimum Gasteiger partial charge on any atom is -0.493 e. The van der Waals surface area contributed by atoms with Crippen LogP contribution >= 0.6 is 0 Å². The van der Waals surface area contributed by atoms with Crippen LogP contribution in [0.3, 0.4) is 0 Å². The first-order valence-corrected chi connectivity index (χ1v) is 9.59. The van der Waals surface area contributed by atoms with Gasteiger partial charge in [0.1, 0.15) is 5.75 Å². The summed E-state index contributed by atoms with van der Waals surface area (Å²) >= 11 is 0. The molecule has 0 spiro atoms. The molecule has 0 aliphatic rings. The van der Waals surface area contributed by atoms with Crippen LogP contribution in [-0.4, -0.2) is 41.5 Å². The summed E-state index contributed by atoms with van der Waals surface area (Å²) in [5.41, 5.74) is 2.55. The molecule has 166 valence electrons. The zero-order valence-electron chi connectivity index (χ0n) is 17.3. The van der Waals surface area contributed by atoms with Gasteiger partial charge in [0.2, 0.25) is 0 Å². The number of H-pyrrole nitrogens is 1. The Labute approximate surface area is 180 Å². The summed E-state index contributed by atoms with van der Waals surface area (Å²) in [4.78, 5) is 15.8. The molecule has 0 bridgehead atoms. The van der Waals surface area contributed by atoms with Gasteiger partial charge < -0.3 is 14.2 Å². The topological polar surface area (TPSA) is 86.3 Å². The molecular weight excluding hydrogens is 427 g/mol. The van der Waals surface area contributed by atoms with Gasteiger partial charge in [-0.05, 0) is 42.8 Å². The van der Waals surface area contributed by atoms with Gasteiger partial charge in [-0.3, -0.25) is 5.10 Å². The molecule has 0 unspecified atom stereocenters. The predicted molar refractivity (Wildman–Crippen MR) is 111 cm³/mol. The summed E-state index contributed by atoms with van der Waals surface area (Å²) < 4.78 is 52.6. The third-order valence-corrected chi connectivity index (χ3v) is 5.00. The molecule has 0 radical (unpaired) electrons. The number of carbonyl (C=O) groups excluding carboxylic acids is 1. The minimum absolute atomic E-state index is 0.226. The zero-order chi connectivity index (χ0) is 23.0. The van der Waals surface area contributed by atoms with Crippen molar-refractivity contribution >= 4 is 27.8 Å². The lowest BCUT2D eigenvalue weighted by Gasteiger charge is -2.13. The van der Waals surface area contributed by atoms with E-state index in [-0.39, 0.29) is 5.75 Å². The summed E-state index contributed by atoms with van der Waals surface area (Å²) in [5, 5.41) is 9.70. The number of fused-ring (bicyclic) bond motifs is 3. The number of hydrogen-bond donors (Lipinski definition) is 1. The van der Waals surface area contributed by atoms with E-state index in [4.69, 9.17) is 14.5 Å². The van der Waals surface area contributed by atoms with Gasteiger partial charge in [0.05, 0.1) is 25.6 Å². The molecule has 2 aromatic carbocycles. The molecule has 0 atom stereocenters. The average molecular weight is 445 g/mol. The summed E-state index contributed by atoms with van der Waals surface area (Å²) in [7, 11) is 3.06. The average Bonchev–Trinajstić information content (AvgIpc) is 3.20. The molecule has 4 rings (SSSR count). The molecule has 0 fully saturated rings. The molecule has 1 N–H and O–H groups in total. The lowest BCUT2D eigenvalue weighted by Crippen LogP contribution is -2.27. The number of benzene rings is 2. The summed E-state index contributed by atoms with van der Waals surface area (Å²) in [6.07, 6.45) is -4.39. The highest BCUT2D eigenvalue weighted by Gasteiger charge is 2.41. The molecule has 32 heavy (non-hydrogen) atoms. The van der Waals surface area contributed by atoms with Gasteiger partial charge in [-0.2, -0.15) is 18.3 Å². The van der Waals surface area contributed by atoms with Gasteiger partial charge in [0, 0.05) is 21.7 Å². The first kappa shape index (κ1) is 21.4. The second kappa shape index (κ2) is 8.03. The number of aryl methyl sites for hydroxylation is 1. The third kappa shape index (κ3) is 3.68. The standard InChI is InChI=1S/C22H18F3N3O4/c1-4-15-18-13-9-16(30-2)17(31-3)10-14(13)19(26-20(18)28-27-15)11-5-7-12(8-6-11)32-21(29)22(23,24)25/h5-10H,4H2,1-3H3,(H,26,27,28). The quantitative estimate of drug-likeness (QED) is 0.350. The second-order valence-electron chi connectivity index (χ2n) is 6.87. The fourth-order valence-electron chi connectivity index (χ4n) is 3.51. The van der Waals surface area contributed by atoms with Crippen molar-refractivity contribution in [2.75, 3.05) is 14.2 Å². The Kier molecular flexibility index (Phi) is 5.37. The van der Waals surface area contributed by atoms with Gasteiger partial charge in [0.15, 0.2) is 17.1 Å². The number of nitrogens with one attached hydrogen (secondary N) is 1. The molecule has 0 saturated heterocycles. The maximum absolute atomic E-state index is 12.5. The summed E-state index contributed by atoms with van der Waals surface area (Å²) in [6.45, 7) is 1.98. The normalized spacial score (nSPS) is 11.7. The van der Waals surface area contributed by atoms with Crippen LogP contribution in [0.15, 0.2) is 36.4 Å². The van der Waals surface area contributed by atoms with Crippen molar-refractivity contribution in [3.05, 3.63) is 42.1 Å². The van der Waals surface area contributed by atoms with Crippen LogP contribution in [0.25, 0.3) is 33.1 Å². The number of esters is 1. The summed E-state index contributed by atoms with van der Waals surface area (Å²) in [5.74, 6) is -1.47. The van der Waals surface area contributed by atoms with E-state index in [0.29, 0.717) is 34.8 Å². The SMILES string of the molecule is CCc1n[nH]c2nc(-c3ccc(OC(=O)C(F)(F)F)cc3)c3cc(OC)c(OC)cc3c12. The molecular formula is C22H18F3N3O4. The van der Waals surface area contributed by atoms with Crippen LogP contribution in [0.2, 0.25) is 0 Å². The smallest absolute Gasteiger partial charge is 0.491 e. The molecule has 10 heteroatoms. The molecule has 4 aromatic rings. The Hall–Kier alpha value is -3.82. The van der Waals surface area contributed by atoms with E-state index in [2.05, 4.69) is 14.9 Å². The van der Waals surface area contributed by atoms with Crippen molar-refractivity contribution in [2.45, 2.75) is 19.5 Å². The van der Waals surface area contributed by atoms with Crippen LogP contribution in [-0.2, 0) is 11.2 Å². The Morgan fingerprint density at radius 3 is 2.22 bits per heavy atom. The fourth-order valence-corrected chi connectivity index (χ4v) is 3.51. The Bertz CT molecular complexity index is 1310. The predicted octanol–water partition coefficient (Wildman–Crippen LogP) is 4.83. The molecule has 0 saturated carbocycles. The van der Waals surface area contributed by atoms with E-state index in [1.54, 1.807) is 13.2 Å². The number of halogens is 3. The Morgan fingerprint density at radius 2 is 1.66 bits per heavy atom. The lowest BCUT2D eigenvalue weighted by atomic mass is 9.99. The van der Waals surface area contributed by atoms with Crippen molar-refractivity contribution in [3.63, 3.8) is 0 Å². The molecule has 7 nitrogen and oxygen atoms in total. The van der Waals surface area contributed by atoms with E-state index in [9.17, 15) is 18.0 Å². The van der Waals surface area contributed by atoms with Crippen LogP contribution in [0, 0.1) is 0 Å². The van der Waals surface area contributed by atoms with E-state index in [1.807, 2.05) is 13.0 Å². The van der Waals surface area contributed by atoms with Gasteiger partial charge in [-0.15, -0.1) is 0 Å². The number of rotatable bonds is 5. The Balaban J connectivity index is 1.89. The first-order valence-electron chi connectivity index (χ1n) is 9.59. The molecule has 2 heterocycles. The largest absolute Gasteiger partial charge is 0.493 e. The van der Waals surface area contributed by atoms with E-state index in [0.717, 1.165) is 21.9 Å². The van der Waals surface area contributed by atoms with Crippen molar-refractivity contribution in [2.24, 2.45) is 0 Å². The van der Waals surface area contributed by atoms with E-state index in [1.165, 1.54) is 31.4 Å². The number of aromatic nitrogens is 3. The monoisotopic (exact) mass is 445 g/mol. The number of hydrogen-bond acceptors (Lipinski definition) is 6. The van der Waals surface area contributed by atoms with Crippen molar-refractivity contribution in [1.82, 2.24) is 15.2 Å². The minimum atomic E-state index is -5.07. The fraction of sp³-hybridized carbons (Fsp3) is 0.227. The highest BCUT2D eigenvalue weighted by atomic mass is 19.4. The molecule has 2 aromatic heterocycles. The number of nitrogens with zero attached hydrogens (tertiary/aromatic N) is 2. The van der Waals surface area contributed by atoms with Crippen molar-refractivity contribution in [1.29, 1.82) is 0 Å². The molecule has 0 amide bonds. The van der Waals surface area contributed by atoms with E-state index < -0.39 is 12.1 Å². The van der Waals surface area contributed by atoms with Gasteiger partial charge >= 0.3 is 12.1 Å². The third-order valence-electron chi connectivity index (χ3n) is 5.00. The number of methoxy groups -OCH3 is 2. The number of ether oxygens (including phenoxy) is 3. The van der Waals surface area contributed by atoms with Gasteiger partial charge in [-0.1, -0.05) is 6.92 Å². The van der Waals surface area contributed by atoms with Crippen LogP contribution in [0.1, 0.15) is 12.6 Å². The maximum atomic E-state index is 12.5. The molecule has 0 aliphatic heterocycles.